The number of nitrogens with zero attached hydrogens (tertiary/aromatic N) is 2. The summed E-state index contributed by atoms with van der Waals surface area (Å²) in [6.07, 6.45) is 1.41. The highest BCUT2D eigenvalue weighted by Crippen LogP contribution is 2.33. The second kappa shape index (κ2) is 14.7. The van der Waals surface area contributed by atoms with E-state index >= 15 is 0 Å². The molecule has 6 nitrogen and oxygen atoms in total. The molecular formula is C18H29ClN2O4. The highest BCUT2D eigenvalue weighted by Gasteiger charge is 2.11. The van der Waals surface area contributed by atoms with E-state index in [1.54, 1.807) is 26.4 Å². The van der Waals surface area contributed by atoms with Crippen LogP contribution in [0.5, 0.6) is 11.5 Å². The number of methoxy groups -OCH3 is 2. The molecule has 0 unspecified atom stereocenters. The van der Waals surface area contributed by atoms with Gasteiger partial charge in [-0.3, -0.25) is 0 Å². The van der Waals surface area contributed by atoms with Crippen LogP contribution in [0.4, 0.5) is 0 Å². The Bertz CT molecular complexity index is 597. The molecule has 1 aromatic heterocycles. The van der Waals surface area contributed by atoms with Crippen molar-refractivity contribution in [1.29, 1.82) is 0 Å². The molecule has 142 valence electrons. The van der Waals surface area contributed by atoms with Gasteiger partial charge in [-0.15, -0.1) is 0 Å². The maximum Gasteiger partial charge on any atom is 0.163 e. The van der Waals surface area contributed by atoms with Gasteiger partial charge in [-0.2, -0.15) is 0 Å². The van der Waals surface area contributed by atoms with Gasteiger partial charge in [0.25, 0.3) is 0 Å². The minimum atomic E-state index is 0.375. The first-order valence-electron chi connectivity index (χ1n) is 8.44. The Labute approximate surface area is 155 Å². The van der Waals surface area contributed by atoms with E-state index in [0.717, 1.165) is 0 Å². The largest absolute Gasteiger partial charge is 0.487 e. The molecule has 1 heterocycles. The number of benzene rings is 1. The predicted octanol–water partition coefficient (Wildman–Crippen LogP) is 4.39. The highest BCUT2D eigenvalue weighted by molar-refractivity contribution is 6.34. The van der Waals surface area contributed by atoms with Crippen molar-refractivity contribution in [2.45, 2.75) is 27.7 Å². The molecular weight excluding hydrogens is 344 g/mol. The van der Waals surface area contributed by atoms with Crippen LogP contribution in [0.15, 0.2) is 18.5 Å². The number of hydrogen-bond donors (Lipinski definition) is 0. The fourth-order valence-corrected chi connectivity index (χ4v) is 1.92. The molecule has 25 heavy (non-hydrogen) atoms. The summed E-state index contributed by atoms with van der Waals surface area (Å²) < 4.78 is 21.3. The zero-order valence-corrected chi connectivity index (χ0v) is 16.7. The Morgan fingerprint density at radius 1 is 0.800 bits per heavy atom. The zero-order chi connectivity index (χ0) is 19.1. The lowest BCUT2D eigenvalue weighted by Crippen LogP contribution is -2.08. The Kier molecular flexibility index (Phi) is 13.7. The number of rotatable bonds is 8. The van der Waals surface area contributed by atoms with E-state index in [0.29, 0.717) is 54.0 Å². The van der Waals surface area contributed by atoms with Crippen molar-refractivity contribution in [2.24, 2.45) is 0 Å². The summed E-state index contributed by atoms with van der Waals surface area (Å²) in [5.41, 5.74) is 0.696. The van der Waals surface area contributed by atoms with Crippen LogP contribution in [0.3, 0.4) is 0 Å². The molecule has 2 aromatic rings. The third-order valence-electron chi connectivity index (χ3n) is 2.74. The first-order valence-corrected chi connectivity index (χ1v) is 8.81. The monoisotopic (exact) mass is 372 g/mol. The Morgan fingerprint density at radius 2 is 1.32 bits per heavy atom. The predicted molar refractivity (Wildman–Crippen MR) is 102 cm³/mol. The van der Waals surface area contributed by atoms with Crippen LogP contribution >= 0.6 is 11.6 Å². The lowest BCUT2D eigenvalue weighted by molar-refractivity contribution is 0.132. The van der Waals surface area contributed by atoms with Crippen LogP contribution < -0.4 is 9.47 Å². The third-order valence-corrected chi connectivity index (χ3v) is 3.04. The second-order valence-corrected chi connectivity index (χ2v) is 4.52. The van der Waals surface area contributed by atoms with Gasteiger partial charge in [-0.25, -0.2) is 9.97 Å². The van der Waals surface area contributed by atoms with Gasteiger partial charge in [-0.1, -0.05) is 39.3 Å². The minimum Gasteiger partial charge on any atom is -0.487 e. The Hall–Kier alpha value is -1.63. The van der Waals surface area contributed by atoms with Crippen molar-refractivity contribution in [2.75, 3.05) is 40.6 Å². The fourth-order valence-electron chi connectivity index (χ4n) is 1.73. The van der Waals surface area contributed by atoms with Gasteiger partial charge >= 0.3 is 0 Å². The summed E-state index contributed by atoms with van der Waals surface area (Å²) >= 11 is 6.08. The molecule has 0 N–H and O–H groups in total. The topological polar surface area (TPSA) is 62.7 Å². The van der Waals surface area contributed by atoms with Crippen molar-refractivity contribution < 1.29 is 18.9 Å². The molecule has 0 aliphatic heterocycles. The van der Waals surface area contributed by atoms with Crippen molar-refractivity contribution in [3.05, 3.63) is 23.6 Å². The van der Waals surface area contributed by atoms with Gasteiger partial charge in [0.2, 0.25) is 0 Å². The maximum absolute atomic E-state index is 6.08. The van der Waals surface area contributed by atoms with Crippen LogP contribution in [-0.2, 0) is 9.47 Å². The van der Waals surface area contributed by atoms with Gasteiger partial charge in [0, 0.05) is 25.7 Å². The molecule has 7 heteroatoms. The van der Waals surface area contributed by atoms with Crippen molar-refractivity contribution in [3.8, 4) is 11.5 Å². The van der Waals surface area contributed by atoms with E-state index < -0.39 is 0 Å². The first kappa shape index (κ1) is 23.4. The number of hydrogen-bond acceptors (Lipinski definition) is 6. The van der Waals surface area contributed by atoms with Gasteiger partial charge < -0.3 is 18.9 Å². The van der Waals surface area contributed by atoms with E-state index in [1.807, 2.05) is 27.7 Å². The number of halogens is 1. The summed E-state index contributed by atoms with van der Waals surface area (Å²) in [5.74, 6) is 1.16. The zero-order valence-electron chi connectivity index (χ0n) is 16.0. The average Bonchev–Trinajstić information content (AvgIpc) is 2.66. The molecule has 1 aromatic carbocycles. The van der Waals surface area contributed by atoms with Gasteiger partial charge in [0.15, 0.2) is 11.5 Å². The van der Waals surface area contributed by atoms with Crippen molar-refractivity contribution in [1.82, 2.24) is 9.97 Å². The number of aromatic nitrogens is 2. The average molecular weight is 373 g/mol. The molecule has 0 radical (unpaired) electrons. The molecule has 0 bridgehead atoms. The molecule has 0 aliphatic rings. The molecule has 0 amide bonds. The van der Waals surface area contributed by atoms with E-state index in [-0.39, 0.29) is 0 Å². The Balaban J connectivity index is 0.00000134. The summed E-state index contributed by atoms with van der Waals surface area (Å²) in [7, 11) is 3.23. The standard InChI is InChI=1S/C14H17ClN2O4.2C2H6/c1-18-3-5-20-12-7-10-11(16-9-17-14(10)15)8-13(12)21-6-4-19-2;2*1-2/h7-9H,3-6H2,1-2H3;2*1-2H3. The summed E-state index contributed by atoms with van der Waals surface area (Å²) in [5, 5.41) is 1.09. The normalized spacial score (nSPS) is 9.56. The van der Waals surface area contributed by atoms with E-state index in [9.17, 15) is 0 Å². The van der Waals surface area contributed by atoms with Crippen LogP contribution in [-0.4, -0.2) is 50.6 Å². The fraction of sp³-hybridized carbons (Fsp3) is 0.556. The molecule has 0 saturated heterocycles. The number of fused-ring (bicyclic) bond motifs is 1. The molecule has 0 saturated carbocycles. The molecule has 0 aliphatic carbocycles. The maximum atomic E-state index is 6.08. The summed E-state index contributed by atoms with van der Waals surface area (Å²) in [4.78, 5) is 8.14. The molecule has 0 atom stereocenters. The van der Waals surface area contributed by atoms with E-state index in [2.05, 4.69) is 9.97 Å². The molecule has 0 spiro atoms. The summed E-state index contributed by atoms with van der Waals surface area (Å²) in [6, 6.07) is 3.55. The van der Waals surface area contributed by atoms with E-state index in [4.69, 9.17) is 30.5 Å². The SMILES string of the molecule is CC.CC.COCCOc1cc2ncnc(Cl)c2cc1OCCOC. The van der Waals surface area contributed by atoms with Crippen molar-refractivity contribution >= 4 is 22.5 Å². The van der Waals surface area contributed by atoms with Crippen LogP contribution in [0.2, 0.25) is 5.15 Å². The highest BCUT2D eigenvalue weighted by atomic mass is 35.5. The van der Waals surface area contributed by atoms with Gasteiger partial charge in [-0.05, 0) is 6.07 Å². The summed E-state index contributed by atoms with van der Waals surface area (Å²) in [6.45, 7) is 9.80. The van der Waals surface area contributed by atoms with E-state index in [1.165, 1.54) is 6.33 Å². The lowest BCUT2D eigenvalue weighted by Gasteiger charge is -2.13. The quantitative estimate of drug-likeness (QED) is 0.506. The molecule has 2 rings (SSSR count). The smallest absolute Gasteiger partial charge is 0.163 e. The van der Waals surface area contributed by atoms with Gasteiger partial charge in [0.1, 0.15) is 24.7 Å². The lowest BCUT2D eigenvalue weighted by atomic mass is 10.2. The third kappa shape index (κ3) is 7.86. The van der Waals surface area contributed by atoms with Crippen LogP contribution in [0.25, 0.3) is 10.9 Å². The first-order chi connectivity index (χ1) is 12.3. The Morgan fingerprint density at radius 3 is 1.84 bits per heavy atom. The molecule has 0 fully saturated rings. The van der Waals surface area contributed by atoms with Gasteiger partial charge in [0.05, 0.1) is 18.7 Å². The minimum absolute atomic E-state index is 0.375. The van der Waals surface area contributed by atoms with Crippen molar-refractivity contribution in [3.63, 3.8) is 0 Å². The number of ether oxygens (including phenoxy) is 4. The van der Waals surface area contributed by atoms with Crippen LogP contribution in [0, 0.1) is 0 Å². The second-order valence-electron chi connectivity index (χ2n) is 4.16. The van der Waals surface area contributed by atoms with Crippen LogP contribution in [0.1, 0.15) is 27.7 Å².